The van der Waals surface area contributed by atoms with Gasteiger partial charge in [0.25, 0.3) is 0 Å². The molecule has 35 heavy (non-hydrogen) atoms. The number of hydrogen-bond acceptors (Lipinski definition) is 5. The molecule has 0 spiro atoms. The van der Waals surface area contributed by atoms with Crippen LogP contribution in [-0.4, -0.2) is 42.2 Å². The Hall–Kier alpha value is -1.38. The maximum absolute atomic E-state index is 11.2. The van der Waals surface area contributed by atoms with E-state index in [4.69, 9.17) is 4.74 Å². The van der Waals surface area contributed by atoms with Crippen molar-refractivity contribution >= 4 is 6.72 Å². The van der Waals surface area contributed by atoms with E-state index < -0.39 is 5.60 Å². The van der Waals surface area contributed by atoms with E-state index in [-0.39, 0.29) is 0 Å². The first-order valence-corrected chi connectivity index (χ1v) is 14.4. The van der Waals surface area contributed by atoms with Crippen molar-refractivity contribution < 1.29 is 9.84 Å². The van der Waals surface area contributed by atoms with E-state index in [1.165, 1.54) is 44.9 Å². The van der Waals surface area contributed by atoms with Crippen molar-refractivity contribution in [1.29, 1.82) is 5.26 Å². The Labute approximate surface area is 214 Å². The van der Waals surface area contributed by atoms with E-state index in [9.17, 15) is 10.4 Å². The van der Waals surface area contributed by atoms with Crippen LogP contribution in [-0.2, 0) is 4.74 Å². The molecular formula is C30H49N3O2. The van der Waals surface area contributed by atoms with E-state index in [2.05, 4.69) is 31.7 Å². The number of nitriles is 1. The number of hydrogen-bond donors (Lipinski definition) is 1. The summed E-state index contributed by atoms with van der Waals surface area (Å²) in [6.07, 6.45) is 14.0. The molecule has 0 aromatic heterocycles. The van der Waals surface area contributed by atoms with Gasteiger partial charge < -0.3 is 9.84 Å². The molecule has 0 heterocycles. The van der Waals surface area contributed by atoms with Gasteiger partial charge in [0.2, 0.25) is 0 Å². The Balaban J connectivity index is 1.46. The first-order valence-electron chi connectivity index (χ1n) is 14.4. The SMILES string of the molecule is C=NN(C[C@H](CC)[C@H]1CC[C@H]2[C@@H]3CC[C@@H]4C[C@@](O)(COCC)CC[C@@H]4[C@H]3CC[C@]12C)/C(C#N)=C\C. The van der Waals surface area contributed by atoms with Crippen molar-refractivity contribution in [3.8, 4) is 6.07 Å². The van der Waals surface area contributed by atoms with Crippen molar-refractivity contribution in [1.82, 2.24) is 5.01 Å². The molecule has 1 N–H and O–H groups in total. The van der Waals surface area contributed by atoms with E-state index in [1.54, 1.807) is 0 Å². The highest BCUT2D eigenvalue weighted by Gasteiger charge is 2.58. The van der Waals surface area contributed by atoms with Crippen LogP contribution >= 0.6 is 0 Å². The molecule has 4 fully saturated rings. The lowest BCUT2D eigenvalue weighted by molar-refractivity contribution is -0.129. The molecule has 0 aromatic rings. The molecule has 0 bridgehead atoms. The molecule has 4 aliphatic rings. The van der Waals surface area contributed by atoms with Crippen LogP contribution in [0.1, 0.15) is 91.9 Å². The van der Waals surface area contributed by atoms with E-state index >= 15 is 0 Å². The lowest BCUT2D eigenvalue weighted by atomic mass is 9.48. The second kappa shape index (κ2) is 10.9. The van der Waals surface area contributed by atoms with Gasteiger partial charge >= 0.3 is 0 Å². The Kier molecular flexibility index (Phi) is 8.33. The summed E-state index contributed by atoms with van der Waals surface area (Å²) in [4.78, 5) is 0. The summed E-state index contributed by atoms with van der Waals surface area (Å²) in [6.45, 7) is 14.6. The molecule has 5 nitrogen and oxygen atoms in total. The third-order valence-electron chi connectivity index (χ3n) is 11.1. The number of ether oxygens (including phenoxy) is 1. The summed E-state index contributed by atoms with van der Waals surface area (Å²) in [5.74, 6) is 5.24. The van der Waals surface area contributed by atoms with Gasteiger partial charge in [0, 0.05) is 19.9 Å². The zero-order chi connectivity index (χ0) is 25.2. The van der Waals surface area contributed by atoms with Gasteiger partial charge in [-0.1, -0.05) is 26.3 Å². The van der Waals surface area contributed by atoms with Crippen molar-refractivity contribution in [3.05, 3.63) is 11.8 Å². The van der Waals surface area contributed by atoms with Crippen LogP contribution in [0, 0.1) is 58.2 Å². The minimum Gasteiger partial charge on any atom is -0.387 e. The summed E-state index contributed by atoms with van der Waals surface area (Å²) in [7, 11) is 0. The number of fused-ring (bicyclic) bond motifs is 5. The monoisotopic (exact) mass is 483 g/mol. The smallest absolute Gasteiger partial charge is 0.132 e. The minimum atomic E-state index is -0.597. The van der Waals surface area contributed by atoms with Crippen LogP contribution in [0.4, 0.5) is 0 Å². The fraction of sp³-hybridized carbons (Fsp3) is 0.867. The van der Waals surface area contributed by atoms with Crippen molar-refractivity contribution in [2.45, 2.75) is 97.5 Å². The standard InChI is InChI=1S/C30H49N3O2/c1-6-21(19-33(32-5)23(7-2)18-31)27-11-12-28-26-10-9-22-17-30(34,20-35-8-3)16-14-24(22)25(26)13-15-29(27,28)4/h7,21-22,24-28,34H,5-6,8-17,19-20H2,1-4H3/b23-7-/t21-,22+,24-,25+,26+,27+,28-,29+,30+/m0/s1. The van der Waals surface area contributed by atoms with Gasteiger partial charge in [-0.3, -0.25) is 5.01 Å². The molecule has 4 rings (SSSR count). The van der Waals surface area contributed by atoms with Gasteiger partial charge in [-0.25, -0.2) is 0 Å². The van der Waals surface area contributed by atoms with Crippen LogP contribution in [0.15, 0.2) is 16.9 Å². The van der Waals surface area contributed by atoms with Crippen LogP contribution < -0.4 is 0 Å². The minimum absolute atomic E-state index is 0.397. The molecule has 0 saturated heterocycles. The van der Waals surface area contributed by atoms with Crippen molar-refractivity contribution in [2.24, 2.45) is 51.9 Å². The average molecular weight is 484 g/mol. The molecule has 5 heteroatoms. The average Bonchev–Trinajstić information content (AvgIpc) is 3.22. The second-order valence-corrected chi connectivity index (χ2v) is 12.4. The molecular weight excluding hydrogens is 434 g/mol. The van der Waals surface area contributed by atoms with Gasteiger partial charge in [0.1, 0.15) is 11.8 Å². The number of aliphatic hydroxyl groups is 1. The van der Waals surface area contributed by atoms with Crippen molar-refractivity contribution in [3.63, 3.8) is 0 Å². The molecule has 4 aliphatic carbocycles. The quantitative estimate of drug-likeness (QED) is 0.234. The highest BCUT2D eigenvalue weighted by molar-refractivity contribution is 5.26. The maximum Gasteiger partial charge on any atom is 0.132 e. The predicted octanol–water partition coefficient (Wildman–Crippen LogP) is 6.39. The first kappa shape index (κ1) is 26.7. The molecule has 0 aliphatic heterocycles. The molecule has 4 saturated carbocycles. The molecule has 196 valence electrons. The zero-order valence-electron chi connectivity index (χ0n) is 22.7. The fourth-order valence-electron chi connectivity index (χ4n) is 9.47. The fourth-order valence-corrected chi connectivity index (χ4v) is 9.47. The molecule has 0 amide bonds. The number of rotatable bonds is 9. The maximum atomic E-state index is 11.2. The Bertz CT molecular complexity index is 821. The molecule has 0 aromatic carbocycles. The number of hydrazone groups is 1. The highest BCUT2D eigenvalue weighted by atomic mass is 16.5. The van der Waals surface area contributed by atoms with Gasteiger partial charge in [-0.05, 0) is 118 Å². The Morgan fingerprint density at radius 1 is 1.17 bits per heavy atom. The normalized spacial score (nSPS) is 41.8. The van der Waals surface area contributed by atoms with E-state index in [1.807, 2.05) is 24.9 Å². The Morgan fingerprint density at radius 3 is 2.60 bits per heavy atom. The summed E-state index contributed by atoms with van der Waals surface area (Å²) < 4.78 is 5.66. The summed E-state index contributed by atoms with van der Waals surface area (Å²) in [6, 6.07) is 2.30. The van der Waals surface area contributed by atoms with E-state index in [0.29, 0.717) is 42.1 Å². The first-order chi connectivity index (χ1) is 16.8. The Morgan fingerprint density at radius 2 is 1.94 bits per heavy atom. The van der Waals surface area contributed by atoms with Crippen molar-refractivity contribution in [2.75, 3.05) is 19.8 Å². The lowest BCUT2D eigenvalue weighted by Crippen LogP contribution is -2.52. The molecule has 9 atom stereocenters. The van der Waals surface area contributed by atoms with Gasteiger partial charge in [0.05, 0.1) is 12.2 Å². The van der Waals surface area contributed by atoms with Gasteiger partial charge in [-0.2, -0.15) is 10.4 Å². The number of allylic oxidation sites excluding steroid dienone is 2. The highest BCUT2D eigenvalue weighted by Crippen LogP contribution is 2.66. The summed E-state index contributed by atoms with van der Waals surface area (Å²) >= 11 is 0. The van der Waals surface area contributed by atoms with Crippen LogP contribution in [0.25, 0.3) is 0 Å². The number of nitrogens with zero attached hydrogens (tertiary/aromatic N) is 3. The second-order valence-electron chi connectivity index (χ2n) is 12.4. The van der Waals surface area contributed by atoms with Crippen LogP contribution in [0.5, 0.6) is 0 Å². The molecule has 0 unspecified atom stereocenters. The zero-order valence-corrected chi connectivity index (χ0v) is 22.7. The third kappa shape index (κ3) is 4.95. The van der Waals surface area contributed by atoms with Gasteiger partial charge in [-0.15, -0.1) is 0 Å². The molecule has 0 radical (unpaired) electrons. The third-order valence-corrected chi connectivity index (χ3v) is 11.1. The lowest BCUT2D eigenvalue weighted by Gasteiger charge is -2.57. The van der Waals surface area contributed by atoms with Crippen LogP contribution in [0.2, 0.25) is 0 Å². The summed E-state index contributed by atoms with van der Waals surface area (Å²) in [5, 5.41) is 26.8. The largest absolute Gasteiger partial charge is 0.387 e. The van der Waals surface area contributed by atoms with E-state index in [0.717, 1.165) is 49.5 Å². The summed E-state index contributed by atoms with van der Waals surface area (Å²) in [5.41, 5.74) is 0.413. The topological polar surface area (TPSA) is 68.8 Å². The van der Waals surface area contributed by atoms with Crippen LogP contribution in [0.3, 0.4) is 0 Å². The predicted molar refractivity (Wildman–Crippen MR) is 141 cm³/mol. The van der Waals surface area contributed by atoms with Gasteiger partial charge in [0.15, 0.2) is 0 Å².